The summed E-state index contributed by atoms with van der Waals surface area (Å²) in [6, 6.07) is -2.28. The van der Waals surface area contributed by atoms with Crippen LogP contribution in [0.2, 0.25) is 0 Å². The van der Waals surface area contributed by atoms with Crippen molar-refractivity contribution in [1.29, 1.82) is 0 Å². The Bertz CT molecular complexity index is 511. The molecule has 0 bridgehead atoms. The summed E-state index contributed by atoms with van der Waals surface area (Å²) < 4.78 is 0. The van der Waals surface area contributed by atoms with Gasteiger partial charge in [-0.1, -0.05) is 0 Å². The highest BCUT2D eigenvalue weighted by Gasteiger charge is 2.27. The molecule has 0 radical (unpaired) electrons. The number of nitrogens with two attached hydrogens (primary N) is 1. The molecule has 1 heterocycles. The summed E-state index contributed by atoms with van der Waals surface area (Å²) >= 11 is 0. The number of carboxylic acid groups (broad SMARTS) is 3. The Labute approximate surface area is 145 Å². The van der Waals surface area contributed by atoms with Gasteiger partial charge in [0.2, 0.25) is 5.91 Å². The van der Waals surface area contributed by atoms with E-state index in [4.69, 9.17) is 10.8 Å². The minimum absolute atomic E-state index is 0.0851. The van der Waals surface area contributed by atoms with E-state index in [-0.39, 0.29) is 19.3 Å². The van der Waals surface area contributed by atoms with Crippen molar-refractivity contribution in [2.75, 3.05) is 19.6 Å². The van der Waals surface area contributed by atoms with E-state index >= 15 is 0 Å². The number of nitrogens with one attached hydrogen (secondary N) is 2. The number of amides is 1. The molecule has 1 rings (SSSR count). The van der Waals surface area contributed by atoms with E-state index in [2.05, 4.69) is 5.32 Å². The van der Waals surface area contributed by atoms with Crippen molar-refractivity contribution in [2.24, 2.45) is 11.7 Å². The lowest BCUT2D eigenvalue weighted by Gasteiger charge is -2.31. The number of rotatable bonds is 10. The monoisotopic (exact) mass is 359 g/mol. The third-order valence-electron chi connectivity index (χ3n) is 4.37. The van der Waals surface area contributed by atoms with Crippen LogP contribution in [0.3, 0.4) is 0 Å². The van der Waals surface area contributed by atoms with Gasteiger partial charge in [-0.05, 0) is 19.3 Å². The molecular weight excluding hydrogens is 334 g/mol. The first-order valence-electron chi connectivity index (χ1n) is 8.25. The number of carbonyl (C=O) groups excluding carboxylic acids is 2. The molecule has 0 aliphatic carbocycles. The number of hydrogen-bond donors (Lipinski definition) is 5. The van der Waals surface area contributed by atoms with E-state index in [1.165, 1.54) is 0 Å². The van der Waals surface area contributed by atoms with E-state index in [0.29, 0.717) is 19.5 Å². The van der Waals surface area contributed by atoms with Crippen LogP contribution in [0.5, 0.6) is 0 Å². The van der Waals surface area contributed by atoms with Gasteiger partial charge in [0.05, 0.1) is 25.6 Å². The minimum Gasteiger partial charge on any atom is -0.550 e. The van der Waals surface area contributed by atoms with Gasteiger partial charge in [0.15, 0.2) is 0 Å². The van der Waals surface area contributed by atoms with Gasteiger partial charge in [-0.15, -0.1) is 0 Å². The molecule has 10 nitrogen and oxygen atoms in total. The maximum atomic E-state index is 11.8. The van der Waals surface area contributed by atoms with Gasteiger partial charge >= 0.3 is 11.9 Å². The summed E-state index contributed by atoms with van der Waals surface area (Å²) in [5.74, 6) is -4.61. The molecule has 1 aliphatic rings. The Hall–Kier alpha value is -2.20. The second kappa shape index (κ2) is 9.94. The summed E-state index contributed by atoms with van der Waals surface area (Å²) in [6.45, 7) is 1.54. The van der Waals surface area contributed by atoms with Crippen molar-refractivity contribution >= 4 is 23.8 Å². The molecule has 4 unspecified atom stereocenters. The van der Waals surface area contributed by atoms with E-state index in [1.54, 1.807) is 0 Å². The van der Waals surface area contributed by atoms with E-state index < -0.39 is 41.8 Å². The number of carboxylic acids is 3. The second-order valence-electron chi connectivity index (χ2n) is 6.34. The van der Waals surface area contributed by atoms with E-state index in [0.717, 1.165) is 17.9 Å². The van der Waals surface area contributed by atoms with Crippen molar-refractivity contribution in [3.63, 3.8) is 0 Å². The zero-order valence-corrected chi connectivity index (χ0v) is 13.9. The topological polar surface area (TPSA) is 174 Å². The highest BCUT2D eigenvalue weighted by molar-refractivity contribution is 5.84. The molecule has 0 saturated carbocycles. The molecule has 4 atom stereocenters. The number of hydrogen-bond acceptors (Lipinski definition) is 6. The first-order chi connectivity index (χ1) is 11.7. The molecule has 6 N–H and O–H groups in total. The summed E-state index contributed by atoms with van der Waals surface area (Å²) in [4.78, 5) is 45.5. The predicted molar refractivity (Wildman–Crippen MR) is 82.3 cm³/mol. The number of quaternary nitrogens is 1. The number of carbonyl (C=O) groups is 4. The highest BCUT2D eigenvalue weighted by Crippen LogP contribution is 2.06. The molecule has 0 aromatic rings. The zero-order valence-electron chi connectivity index (χ0n) is 13.9. The summed E-state index contributed by atoms with van der Waals surface area (Å²) in [6.07, 6.45) is 1.18. The Balaban J connectivity index is 2.43. The Morgan fingerprint density at radius 3 is 2.44 bits per heavy atom. The van der Waals surface area contributed by atoms with Gasteiger partial charge in [-0.2, -0.15) is 0 Å². The Kier molecular flexibility index (Phi) is 8.29. The van der Waals surface area contributed by atoms with Crippen LogP contribution in [-0.4, -0.2) is 65.7 Å². The normalized spacial score (nSPS) is 22.6. The fraction of sp³-hybridized carbons (Fsp3) is 0.733. The van der Waals surface area contributed by atoms with E-state index in [1.807, 2.05) is 0 Å². The van der Waals surface area contributed by atoms with Crippen LogP contribution in [0.25, 0.3) is 0 Å². The number of likely N-dealkylation sites (tertiary alicyclic amines) is 1. The molecule has 1 saturated heterocycles. The van der Waals surface area contributed by atoms with Crippen molar-refractivity contribution < 1.29 is 39.4 Å². The van der Waals surface area contributed by atoms with Crippen LogP contribution in [0.4, 0.5) is 0 Å². The summed E-state index contributed by atoms with van der Waals surface area (Å²) in [7, 11) is 0. The maximum absolute atomic E-state index is 11.8. The van der Waals surface area contributed by atoms with Crippen molar-refractivity contribution in [3.8, 4) is 0 Å². The molecule has 142 valence electrons. The smallest absolute Gasteiger partial charge is 0.326 e. The Morgan fingerprint density at radius 2 is 1.88 bits per heavy atom. The molecule has 25 heavy (non-hydrogen) atoms. The molecule has 1 fully saturated rings. The third-order valence-corrected chi connectivity index (χ3v) is 4.37. The molecule has 0 aromatic heterocycles. The molecule has 0 aromatic carbocycles. The van der Waals surface area contributed by atoms with Crippen LogP contribution in [0, 0.1) is 5.92 Å². The van der Waals surface area contributed by atoms with Crippen LogP contribution >= 0.6 is 0 Å². The Morgan fingerprint density at radius 1 is 1.20 bits per heavy atom. The van der Waals surface area contributed by atoms with Gasteiger partial charge in [0, 0.05) is 18.8 Å². The van der Waals surface area contributed by atoms with Crippen molar-refractivity contribution in [2.45, 2.75) is 44.2 Å². The van der Waals surface area contributed by atoms with Gasteiger partial charge in [-0.3, -0.25) is 9.59 Å². The highest BCUT2D eigenvalue weighted by atomic mass is 16.4. The zero-order chi connectivity index (χ0) is 19.0. The number of piperidine rings is 1. The summed E-state index contributed by atoms with van der Waals surface area (Å²) in [5.41, 5.74) is 5.30. The average molecular weight is 359 g/mol. The molecule has 0 spiro atoms. The first kappa shape index (κ1) is 20.8. The number of aliphatic carboxylic acids is 3. The lowest BCUT2D eigenvalue weighted by Crippen LogP contribution is -3.14. The molecule has 1 aliphatic heterocycles. The standard InChI is InChI=1S/C15H25N3O7/c16-10(14(22)23)3-4-12(19)17-11(15(24)25)5-7-18-6-1-2-9(8-18)13(20)21/h9-11H,1-8,16H2,(H,17,19)(H,20,21)(H,22,23)(H,24,25). The SMILES string of the molecule is NC(CCC(=O)NC(CC[NH+]1CCCC(C(=O)[O-])C1)C(=O)O)C(=O)O. The van der Waals surface area contributed by atoms with Gasteiger partial charge < -0.3 is 36.1 Å². The second-order valence-corrected chi connectivity index (χ2v) is 6.34. The van der Waals surface area contributed by atoms with Crippen molar-refractivity contribution in [1.82, 2.24) is 5.32 Å². The average Bonchev–Trinajstić information content (AvgIpc) is 2.56. The molecule has 10 heteroatoms. The summed E-state index contributed by atoms with van der Waals surface area (Å²) in [5, 5.41) is 31.2. The molecule has 1 amide bonds. The minimum atomic E-state index is -1.22. The van der Waals surface area contributed by atoms with Crippen LogP contribution in [0.1, 0.15) is 32.1 Å². The fourth-order valence-corrected chi connectivity index (χ4v) is 2.86. The van der Waals surface area contributed by atoms with Gasteiger partial charge in [0.1, 0.15) is 12.1 Å². The largest absolute Gasteiger partial charge is 0.550 e. The van der Waals surface area contributed by atoms with Crippen LogP contribution in [-0.2, 0) is 19.2 Å². The molecular formula is C15H25N3O7. The van der Waals surface area contributed by atoms with Gasteiger partial charge in [0.25, 0.3) is 0 Å². The lowest BCUT2D eigenvalue weighted by atomic mass is 9.98. The lowest BCUT2D eigenvalue weighted by molar-refractivity contribution is -0.908. The third kappa shape index (κ3) is 7.48. The fourth-order valence-electron chi connectivity index (χ4n) is 2.86. The maximum Gasteiger partial charge on any atom is 0.326 e. The van der Waals surface area contributed by atoms with E-state index in [9.17, 15) is 29.4 Å². The predicted octanol–water partition coefficient (Wildman–Crippen LogP) is -3.82. The first-order valence-corrected chi connectivity index (χ1v) is 8.25. The van der Waals surface area contributed by atoms with Crippen molar-refractivity contribution in [3.05, 3.63) is 0 Å². The quantitative estimate of drug-likeness (QED) is 0.264. The van der Waals surface area contributed by atoms with Crippen LogP contribution in [0.15, 0.2) is 0 Å². The van der Waals surface area contributed by atoms with Crippen LogP contribution < -0.4 is 21.1 Å². The van der Waals surface area contributed by atoms with Gasteiger partial charge in [-0.25, -0.2) is 4.79 Å².